The van der Waals surface area contributed by atoms with Crippen molar-refractivity contribution in [1.29, 1.82) is 0 Å². The number of hydrogen-bond donors (Lipinski definition) is 2. The Morgan fingerprint density at radius 1 is 1.24 bits per heavy atom. The van der Waals surface area contributed by atoms with Crippen LogP contribution in [0.4, 0.5) is 0 Å². The fourth-order valence-corrected chi connectivity index (χ4v) is 5.27. The van der Waals surface area contributed by atoms with Crippen LogP contribution < -0.4 is 4.72 Å². The Balaban J connectivity index is 2.34. The molecule has 0 saturated heterocycles. The van der Waals surface area contributed by atoms with Crippen molar-refractivity contribution in [2.45, 2.75) is 38.3 Å². The van der Waals surface area contributed by atoms with Gasteiger partial charge in [0, 0.05) is 6.04 Å². The van der Waals surface area contributed by atoms with E-state index in [-0.39, 0.29) is 17.5 Å². The topological polar surface area (TPSA) is 66.4 Å². The Morgan fingerprint density at radius 2 is 1.90 bits per heavy atom. The molecule has 1 atom stereocenters. The number of aliphatic hydroxyl groups is 1. The molecule has 0 saturated carbocycles. The van der Waals surface area contributed by atoms with Crippen LogP contribution in [0.3, 0.4) is 0 Å². The van der Waals surface area contributed by atoms with Gasteiger partial charge in [0.2, 0.25) is 10.0 Å². The monoisotopic (exact) mass is 325 g/mol. The highest BCUT2D eigenvalue weighted by Crippen LogP contribution is 2.28. The molecule has 2 N–H and O–H groups in total. The molecule has 1 unspecified atom stereocenters. The van der Waals surface area contributed by atoms with Crippen LogP contribution in [0, 0.1) is 13.8 Å². The Labute approximate surface area is 129 Å². The fourth-order valence-electron chi connectivity index (χ4n) is 2.39. The van der Waals surface area contributed by atoms with E-state index in [1.165, 1.54) is 11.3 Å². The van der Waals surface area contributed by atoms with Crippen molar-refractivity contribution in [2.24, 2.45) is 0 Å². The van der Waals surface area contributed by atoms with Crippen molar-refractivity contribution >= 4 is 21.4 Å². The van der Waals surface area contributed by atoms with Crippen LogP contribution in [0.25, 0.3) is 0 Å². The third-order valence-electron chi connectivity index (χ3n) is 3.39. The molecule has 0 radical (unpaired) electrons. The molecule has 1 aromatic heterocycles. The number of nitrogens with one attached hydrogen (secondary N) is 1. The smallest absolute Gasteiger partial charge is 0.242 e. The molecule has 21 heavy (non-hydrogen) atoms. The van der Waals surface area contributed by atoms with Gasteiger partial charge in [-0.05, 0) is 42.8 Å². The number of benzene rings is 1. The van der Waals surface area contributed by atoms with Crippen LogP contribution in [-0.2, 0) is 16.6 Å². The number of aliphatic hydroxyl groups excluding tert-OH is 1. The van der Waals surface area contributed by atoms with Gasteiger partial charge in [-0.3, -0.25) is 0 Å². The maximum Gasteiger partial charge on any atom is 0.242 e. The summed E-state index contributed by atoms with van der Waals surface area (Å²) in [5.74, 6) is 0. The lowest BCUT2D eigenvalue weighted by Crippen LogP contribution is -2.28. The van der Waals surface area contributed by atoms with Gasteiger partial charge in [-0.25, -0.2) is 13.1 Å². The summed E-state index contributed by atoms with van der Waals surface area (Å²) in [4.78, 5) is 0.674. The normalized spacial score (nSPS) is 13.3. The minimum atomic E-state index is -3.65. The average Bonchev–Trinajstić information content (AvgIpc) is 2.80. The molecular weight excluding hydrogens is 306 g/mol. The van der Waals surface area contributed by atoms with Gasteiger partial charge in [-0.15, -0.1) is 11.3 Å². The minimum absolute atomic E-state index is 0.204. The van der Waals surface area contributed by atoms with Gasteiger partial charge in [0.1, 0.15) is 4.90 Å². The van der Waals surface area contributed by atoms with Crippen LogP contribution in [0.1, 0.15) is 34.5 Å². The minimum Gasteiger partial charge on any atom is -0.391 e. The first kappa shape index (κ1) is 16.2. The Kier molecular flexibility index (Phi) is 4.83. The van der Waals surface area contributed by atoms with Crippen LogP contribution in [0.5, 0.6) is 0 Å². The number of hydrogen-bond acceptors (Lipinski definition) is 4. The molecule has 0 amide bonds. The fraction of sp³-hybridized carbons (Fsp3) is 0.333. The second kappa shape index (κ2) is 6.27. The van der Waals surface area contributed by atoms with Crippen molar-refractivity contribution in [3.63, 3.8) is 0 Å². The maximum atomic E-state index is 12.6. The predicted molar refractivity (Wildman–Crippen MR) is 84.9 cm³/mol. The molecule has 2 aromatic rings. The molecule has 0 bridgehead atoms. The van der Waals surface area contributed by atoms with Crippen LogP contribution in [0.2, 0.25) is 0 Å². The second-order valence-electron chi connectivity index (χ2n) is 5.03. The lowest BCUT2D eigenvalue weighted by molar-refractivity contribution is 0.282. The van der Waals surface area contributed by atoms with Gasteiger partial charge in [0.25, 0.3) is 0 Å². The Hall–Kier alpha value is -1.21. The largest absolute Gasteiger partial charge is 0.391 e. The molecular formula is C15H19NO3S2. The lowest BCUT2D eigenvalue weighted by Gasteiger charge is -2.17. The molecule has 2 rings (SSSR count). The molecule has 4 nitrogen and oxygen atoms in total. The van der Waals surface area contributed by atoms with E-state index in [1.807, 2.05) is 38.1 Å². The van der Waals surface area contributed by atoms with Crippen molar-refractivity contribution in [3.8, 4) is 0 Å². The van der Waals surface area contributed by atoms with Crippen molar-refractivity contribution < 1.29 is 13.5 Å². The van der Waals surface area contributed by atoms with Crippen LogP contribution in [-0.4, -0.2) is 13.5 Å². The molecule has 114 valence electrons. The summed E-state index contributed by atoms with van der Waals surface area (Å²) >= 11 is 1.26. The van der Waals surface area contributed by atoms with Gasteiger partial charge in [-0.1, -0.05) is 24.3 Å². The second-order valence-corrected chi connectivity index (χ2v) is 7.64. The molecule has 0 fully saturated rings. The zero-order chi connectivity index (χ0) is 15.6. The SMILES string of the molecule is Cc1ccccc1C(C)NS(=O)(=O)c1c(C)csc1CO. The Bertz CT molecular complexity index is 735. The standard InChI is InChI=1S/C15H19NO3S2/c1-10-6-4-5-7-13(10)12(3)16-21(18,19)15-11(2)9-20-14(15)8-17/h4-7,9,12,16-17H,8H2,1-3H3. The number of thiophene rings is 1. The summed E-state index contributed by atoms with van der Waals surface area (Å²) < 4.78 is 27.8. The third-order valence-corrected chi connectivity index (χ3v) is 6.38. The van der Waals surface area contributed by atoms with Gasteiger partial charge >= 0.3 is 0 Å². The average molecular weight is 325 g/mol. The summed E-state index contributed by atoms with van der Waals surface area (Å²) in [6.45, 7) is 5.24. The molecule has 0 aliphatic heterocycles. The van der Waals surface area contributed by atoms with Crippen molar-refractivity contribution in [3.05, 3.63) is 51.2 Å². The van der Waals surface area contributed by atoms with E-state index in [2.05, 4.69) is 4.72 Å². The van der Waals surface area contributed by atoms with E-state index in [0.29, 0.717) is 10.4 Å². The van der Waals surface area contributed by atoms with Crippen molar-refractivity contribution in [1.82, 2.24) is 4.72 Å². The van der Waals surface area contributed by atoms with Crippen LogP contribution in [0.15, 0.2) is 34.5 Å². The number of aryl methyl sites for hydroxylation is 2. The number of sulfonamides is 1. The highest BCUT2D eigenvalue weighted by molar-refractivity contribution is 7.89. The van der Waals surface area contributed by atoms with Crippen LogP contribution >= 0.6 is 11.3 Å². The van der Waals surface area contributed by atoms with Gasteiger partial charge in [0.15, 0.2) is 0 Å². The summed E-state index contributed by atoms with van der Waals surface area (Å²) in [6, 6.07) is 7.35. The summed E-state index contributed by atoms with van der Waals surface area (Å²) in [6.07, 6.45) is 0. The molecule has 0 aliphatic rings. The zero-order valence-corrected chi connectivity index (χ0v) is 13.9. The zero-order valence-electron chi connectivity index (χ0n) is 12.3. The predicted octanol–water partition coefficient (Wildman–Crippen LogP) is 2.90. The van der Waals surface area contributed by atoms with Crippen molar-refractivity contribution in [2.75, 3.05) is 0 Å². The highest BCUT2D eigenvalue weighted by atomic mass is 32.2. The van der Waals surface area contributed by atoms with Gasteiger partial charge < -0.3 is 5.11 Å². The van der Waals surface area contributed by atoms with E-state index >= 15 is 0 Å². The molecule has 0 aliphatic carbocycles. The van der Waals surface area contributed by atoms with Gasteiger partial charge in [0.05, 0.1) is 11.5 Å². The maximum absolute atomic E-state index is 12.6. The number of rotatable bonds is 5. The van der Waals surface area contributed by atoms with E-state index in [9.17, 15) is 13.5 Å². The van der Waals surface area contributed by atoms with E-state index in [1.54, 1.807) is 12.3 Å². The highest BCUT2D eigenvalue weighted by Gasteiger charge is 2.25. The molecule has 1 heterocycles. The van der Waals surface area contributed by atoms with Gasteiger partial charge in [-0.2, -0.15) is 0 Å². The Morgan fingerprint density at radius 3 is 2.52 bits per heavy atom. The molecule has 1 aromatic carbocycles. The van der Waals surface area contributed by atoms with E-state index in [4.69, 9.17) is 0 Å². The third kappa shape index (κ3) is 3.35. The summed E-state index contributed by atoms with van der Waals surface area (Å²) in [5, 5.41) is 11.1. The molecule has 0 spiro atoms. The lowest BCUT2D eigenvalue weighted by atomic mass is 10.0. The summed E-state index contributed by atoms with van der Waals surface area (Å²) in [5.41, 5.74) is 2.64. The summed E-state index contributed by atoms with van der Waals surface area (Å²) in [7, 11) is -3.65. The molecule has 6 heteroatoms. The van der Waals surface area contributed by atoms with E-state index in [0.717, 1.165) is 11.1 Å². The van der Waals surface area contributed by atoms with E-state index < -0.39 is 10.0 Å². The first-order chi connectivity index (χ1) is 9.86. The first-order valence-electron chi connectivity index (χ1n) is 6.62. The first-order valence-corrected chi connectivity index (χ1v) is 8.98. The quantitative estimate of drug-likeness (QED) is 0.888.